The van der Waals surface area contributed by atoms with Gasteiger partial charge in [0.15, 0.2) is 0 Å². The highest BCUT2D eigenvalue weighted by molar-refractivity contribution is 5.99. The molecule has 4 nitrogen and oxygen atoms in total. The fourth-order valence-electron chi connectivity index (χ4n) is 1.98. The van der Waals surface area contributed by atoms with E-state index in [2.05, 4.69) is 4.98 Å². The smallest absolute Gasteiger partial charge is 0.257 e. The summed E-state index contributed by atoms with van der Waals surface area (Å²) in [4.78, 5) is 18.5. The molecule has 2 aromatic heterocycles. The number of amides is 1. The second kappa shape index (κ2) is 4.57. The van der Waals surface area contributed by atoms with Crippen molar-refractivity contribution < 1.29 is 4.79 Å². The summed E-state index contributed by atoms with van der Waals surface area (Å²) in [5, 5.41) is 0. The van der Waals surface area contributed by atoms with Gasteiger partial charge in [-0.2, -0.15) is 0 Å². The molecule has 2 heterocycles. The number of pyridine rings is 1. The quantitative estimate of drug-likeness (QED) is 0.811. The molecular formula is C13H17N3O. The largest absolute Gasteiger partial charge is 0.339 e. The Morgan fingerprint density at radius 1 is 1.41 bits per heavy atom. The summed E-state index contributed by atoms with van der Waals surface area (Å²) in [5.41, 5.74) is 2.33. The number of hydrogen-bond donors (Lipinski definition) is 0. The molecule has 90 valence electrons. The summed E-state index contributed by atoms with van der Waals surface area (Å²) >= 11 is 0. The van der Waals surface area contributed by atoms with Crippen LogP contribution < -0.4 is 0 Å². The van der Waals surface area contributed by atoms with Crippen molar-refractivity contribution in [2.45, 2.75) is 20.8 Å². The van der Waals surface area contributed by atoms with Crippen molar-refractivity contribution in [3.63, 3.8) is 0 Å². The fourth-order valence-corrected chi connectivity index (χ4v) is 1.98. The predicted octanol–water partition coefficient (Wildman–Crippen LogP) is 2.12. The van der Waals surface area contributed by atoms with E-state index in [1.54, 1.807) is 4.90 Å². The van der Waals surface area contributed by atoms with Crippen LogP contribution in [-0.2, 0) is 0 Å². The van der Waals surface area contributed by atoms with Crippen molar-refractivity contribution in [2.75, 3.05) is 13.1 Å². The summed E-state index contributed by atoms with van der Waals surface area (Å²) in [6.07, 6.45) is 3.84. The molecule has 0 saturated carbocycles. The molecule has 0 spiro atoms. The predicted molar refractivity (Wildman–Crippen MR) is 67.2 cm³/mol. The molecule has 17 heavy (non-hydrogen) atoms. The molecule has 0 aliphatic rings. The summed E-state index contributed by atoms with van der Waals surface area (Å²) in [6, 6.07) is 3.72. The second-order valence-electron chi connectivity index (χ2n) is 4.01. The van der Waals surface area contributed by atoms with E-state index >= 15 is 0 Å². The first-order chi connectivity index (χ1) is 8.17. The van der Waals surface area contributed by atoms with Gasteiger partial charge < -0.3 is 9.30 Å². The van der Waals surface area contributed by atoms with E-state index in [9.17, 15) is 4.79 Å². The lowest BCUT2D eigenvalue weighted by molar-refractivity contribution is 0.0774. The minimum absolute atomic E-state index is 0.0474. The molecular weight excluding hydrogens is 214 g/mol. The van der Waals surface area contributed by atoms with Crippen LogP contribution in [0.5, 0.6) is 0 Å². The van der Waals surface area contributed by atoms with Crippen LogP contribution in [0.25, 0.3) is 5.65 Å². The monoisotopic (exact) mass is 231 g/mol. The van der Waals surface area contributed by atoms with Gasteiger partial charge in [-0.3, -0.25) is 4.79 Å². The van der Waals surface area contributed by atoms with Gasteiger partial charge in [-0.15, -0.1) is 0 Å². The van der Waals surface area contributed by atoms with Gasteiger partial charge in [0.1, 0.15) is 5.65 Å². The molecule has 0 aliphatic carbocycles. The first-order valence-electron chi connectivity index (χ1n) is 5.91. The molecule has 0 N–H and O–H groups in total. The van der Waals surface area contributed by atoms with Crippen molar-refractivity contribution in [2.24, 2.45) is 0 Å². The molecule has 0 fully saturated rings. The Bertz CT molecular complexity index is 541. The summed E-state index contributed by atoms with van der Waals surface area (Å²) < 4.78 is 1.89. The molecule has 0 aliphatic heterocycles. The van der Waals surface area contributed by atoms with E-state index in [1.807, 2.05) is 49.7 Å². The van der Waals surface area contributed by atoms with Crippen molar-refractivity contribution in [3.05, 3.63) is 35.8 Å². The molecule has 0 unspecified atom stereocenters. The van der Waals surface area contributed by atoms with Crippen LogP contribution in [0.2, 0.25) is 0 Å². The first-order valence-corrected chi connectivity index (χ1v) is 5.91. The van der Waals surface area contributed by atoms with Gasteiger partial charge in [-0.25, -0.2) is 4.98 Å². The van der Waals surface area contributed by atoms with E-state index in [0.29, 0.717) is 5.56 Å². The lowest BCUT2D eigenvalue weighted by Crippen LogP contribution is -2.30. The number of carbonyl (C=O) groups is 1. The third-order valence-electron chi connectivity index (χ3n) is 2.88. The minimum atomic E-state index is 0.0474. The van der Waals surface area contributed by atoms with E-state index < -0.39 is 0 Å². The van der Waals surface area contributed by atoms with E-state index in [0.717, 1.165) is 24.4 Å². The number of aryl methyl sites for hydroxylation is 1. The lowest BCUT2D eigenvalue weighted by Gasteiger charge is -2.18. The number of nitrogens with zero attached hydrogens (tertiary/aromatic N) is 3. The SMILES string of the molecule is CCN(CC)C(=O)c1cccn2cc(C)nc12. The maximum absolute atomic E-state index is 12.3. The average molecular weight is 231 g/mol. The Labute approximate surface area is 101 Å². The highest BCUT2D eigenvalue weighted by atomic mass is 16.2. The number of aromatic nitrogens is 2. The van der Waals surface area contributed by atoms with Gasteiger partial charge in [-0.05, 0) is 32.9 Å². The van der Waals surface area contributed by atoms with Crippen LogP contribution >= 0.6 is 0 Å². The zero-order valence-electron chi connectivity index (χ0n) is 10.5. The van der Waals surface area contributed by atoms with Crippen LogP contribution in [-0.4, -0.2) is 33.3 Å². The number of imidazole rings is 1. The molecule has 0 saturated heterocycles. The molecule has 1 amide bonds. The van der Waals surface area contributed by atoms with E-state index in [4.69, 9.17) is 0 Å². The maximum atomic E-state index is 12.3. The second-order valence-corrected chi connectivity index (χ2v) is 4.01. The minimum Gasteiger partial charge on any atom is -0.339 e. The molecule has 2 aromatic rings. The van der Waals surface area contributed by atoms with E-state index in [1.165, 1.54) is 0 Å². The van der Waals surface area contributed by atoms with Crippen LogP contribution in [0.15, 0.2) is 24.5 Å². The summed E-state index contributed by atoms with van der Waals surface area (Å²) in [7, 11) is 0. The molecule has 0 radical (unpaired) electrons. The normalized spacial score (nSPS) is 10.8. The van der Waals surface area contributed by atoms with Crippen LogP contribution in [0.1, 0.15) is 29.9 Å². The van der Waals surface area contributed by atoms with Gasteiger partial charge in [-0.1, -0.05) is 0 Å². The number of hydrogen-bond acceptors (Lipinski definition) is 2. The maximum Gasteiger partial charge on any atom is 0.257 e. The number of carbonyl (C=O) groups excluding carboxylic acids is 1. The van der Waals surface area contributed by atoms with Crippen molar-refractivity contribution in [1.82, 2.24) is 14.3 Å². The van der Waals surface area contributed by atoms with Crippen LogP contribution in [0, 0.1) is 6.92 Å². The Morgan fingerprint density at radius 2 is 2.12 bits per heavy atom. The highest BCUT2D eigenvalue weighted by Gasteiger charge is 2.16. The third kappa shape index (κ3) is 2.02. The van der Waals surface area contributed by atoms with Gasteiger partial charge >= 0.3 is 0 Å². The zero-order chi connectivity index (χ0) is 12.4. The number of fused-ring (bicyclic) bond motifs is 1. The van der Waals surface area contributed by atoms with Crippen molar-refractivity contribution >= 4 is 11.6 Å². The lowest BCUT2D eigenvalue weighted by atomic mass is 10.2. The molecule has 2 rings (SSSR count). The molecule has 0 aromatic carbocycles. The molecule has 0 bridgehead atoms. The molecule has 0 atom stereocenters. The molecule has 4 heteroatoms. The topological polar surface area (TPSA) is 37.6 Å². The summed E-state index contributed by atoms with van der Waals surface area (Å²) in [6.45, 7) is 7.33. The Balaban J connectivity index is 2.51. The third-order valence-corrected chi connectivity index (χ3v) is 2.88. The van der Waals surface area contributed by atoms with Crippen molar-refractivity contribution in [1.29, 1.82) is 0 Å². The van der Waals surface area contributed by atoms with Gasteiger partial charge in [0.05, 0.1) is 11.3 Å². The Hall–Kier alpha value is -1.84. The fraction of sp³-hybridized carbons (Fsp3) is 0.385. The van der Waals surface area contributed by atoms with Crippen molar-refractivity contribution in [3.8, 4) is 0 Å². The highest BCUT2D eigenvalue weighted by Crippen LogP contribution is 2.13. The van der Waals surface area contributed by atoms with Gasteiger partial charge in [0.2, 0.25) is 0 Å². The van der Waals surface area contributed by atoms with Crippen LogP contribution in [0.3, 0.4) is 0 Å². The zero-order valence-corrected chi connectivity index (χ0v) is 10.5. The standard InChI is InChI=1S/C13H17N3O/c1-4-15(5-2)13(17)11-7-6-8-16-9-10(3)14-12(11)16/h6-9H,4-5H2,1-3H3. The Morgan fingerprint density at radius 3 is 2.76 bits per heavy atom. The number of rotatable bonds is 3. The average Bonchev–Trinajstić information content (AvgIpc) is 2.70. The first kappa shape index (κ1) is 11.6. The van der Waals surface area contributed by atoms with Crippen LogP contribution in [0.4, 0.5) is 0 Å². The summed E-state index contributed by atoms with van der Waals surface area (Å²) in [5.74, 6) is 0.0474. The van der Waals surface area contributed by atoms with Gasteiger partial charge in [0, 0.05) is 25.5 Å². The van der Waals surface area contributed by atoms with E-state index in [-0.39, 0.29) is 5.91 Å². The van der Waals surface area contributed by atoms with Gasteiger partial charge in [0.25, 0.3) is 5.91 Å². The Kier molecular flexibility index (Phi) is 3.13.